The van der Waals surface area contributed by atoms with Crippen molar-refractivity contribution in [3.8, 4) is 0 Å². The SMILES string of the molecule is CC=C1CCC2C(=C1C)CC1C2CC=C2CC(OC(C)=O)CCC21C. The minimum Gasteiger partial charge on any atom is -0.462 e. The van der Waals surface area contributed by atoms with Gasteiger partial charge in [0.2, 0.25) is 0 Å². The van der Waals surface area contributed by atoms with Crippen molar-refractivity contribution >= 4 is 5.97 Å². The minimum atomic E-state index is -0.130. The van der Waals surface area contributed by atoms with Crippen LogP contribution in [-0.2, 0) is 9.53 Å². The van der Waals surface area contributed by atoms with Crippen molar-refractivity contribution in [2.45, 2.75) is 78.7 Å². The first-order valence-corrected chi connectivity index (χ1v) is 10.2. The van der Waals surface area contributed by atoms with Crippen LogP contribution in [0.15, 0.2) is 34.4 Å². The Balaban J connectivity index is 1.62. The molecule has 0 aromatic rings. The first kappa shape index (κ1) is 17.1. The molecule has 2 nitrogen and oxygen atoms in total. The monoisotopic (exact) mass is 340 g/mol. The molecule has 4 aliphatic carbocycles. The fraction of sp³-hybridized carbons (Fsp3) is 0.696. The number of carbonyl (C=O) groups is 1. The van der Waals surface area contributed by atoms with Crippen molar-refractivity contribution in [3.63, 3.8) is 0 Å². The van der Waals surface area contributed by atoms with Crippen molar-refractivity contribution in [1.82, 2.24) is 0 Å². The summed E-state index contributed by atoms with van der Waals surface area (Å²) < 4.78 is 5.54. The molecule has 0 aliphatic heterocycles. The Bertz CT molecular complexity index is 680. The predicted molar refractivity (Wildman–Crippen MR) is 101 cm³/mol. The molecule has 0 amide bonds. The van der Waals surface area contributed by atoms with Crippen LogP contribution in [0.5, 0.6) is 0 Å². The molecule has 0 aromatic carbocycles. The van der Waals surface area contributed by atoms with Gasteiger partial charge in [-0.15, -0.1) is 0 Å². The van der Waals surface area contributed by atoms with Crippen molar-refractivity contribution in [3.05, 3.63) is 34.4 Å². The van der Waals surface area contributed by atoms with E-state index in [0.717, 1.165) is 30.6 Å². The van der Waals surface area contributed by atoms with Crippen molar-refractivity contribution in [1.29, 1.82) is 0 Å². The molecule has 0 saturated heterocycles. The average Bonchev–Trinajstić information content (AvgIpc) is 2.96. The van der Waals surface area contributed by atoms with E-state index in [2.05, 4.69) is 32.9 Å². The molecule has 136 valence electrons. The van der Waals surface area contributed by atoms with Crippen LogP contribution in [0.3, 0.4) is 0 Å². The van der Waals surface area contributed by atoms with Crippen LogP contribution in [0.2, 0.25) is 0 Å². The molecule has 0 bridgehead atoms. The van der Waals surface area contributed by atoms with Crippen LogP contribution < -0.4 is 0 Å². The summed E-state index contributed by atoms with van der Waals surface area (Å²) >= 11 is 0. The van der Waals surface area contributed by atoms with Gasteiger partial charge in [0, 0.05) is 13.3 Å². The lowest BCUT2D eigenvalue weighted by Crippen LogP contribution is -2.42. The molecule has 25 heavy (non-hydrogen) atoms. The lowest BCUT2D eigenvalue weighted by Gasteiger charge is -2.49. The summed E-state index contributed by atoms with van der Waals surface area (Å²) in [5.74, 6) is 2.31. The zero-order valence-electron chi connectivity index (χ0n) is 16.2. The van der Waals surface area contributed by atoms with Crippen molar-refractivity contribution < 1.29 is 9.53 Å². The second kappa shape index (κ2) is 6.14. The lowest BCUT2D eigenvalue weighted by atomic mass is 9.56. The molecular formula is C23H32O2. The Morgan fingerprint density at radius 1 is 1.32 bits per heavy atom. The van der Waals surface area contributed by atoms with E-state index >= 15 is 0 Å². The summed E-state index contributed by atoms with van der Waals surface area (Å²) in [5.41, 5.74) is 6.86. The topological polar surface area (TPSA) is 26.3 Å². The third-order valence-corrected chi connectivity index (χ3v) is 7.91. The van der Waals surface area contributed by atoms with E-state index in [-0.39, 0.29) is 12.1 Å². The maximum absolute atomic E-state index is 11.3. The van der Waals surface area contributed by atoms with Gasteiger partial charge >= 0.3 is 5.97 Å². The van der Waals surface area contributed by atoms with Crippen LogP contribution >= 0.6 is 0 Å². The first-order valence-electron chi connectivity index (χ1n) is 10.2. The molecule has 0 radical (unpaired) electrons. The normalized spacial score (nSPS) is 41.8. The summed E-state index contributed by atoms with van der Waals surface area (Å²) in [6.45, 7) is 8.60. The molecule has 5 unspecified atom stereocenters. The molecule has 0 N–H and O–H groups in total. The van der Waals surface area contributed by atoms with Gasteiger partial charge in [0.15, 0.2) is 0 Å². The second-order valence-electron chi connectivity index (χ2n) is 8.94. The zero-order chi connectivity index (χ0) is 17.8. The predicted octanol–water partition coefficient (Wildman–Crippen LogP) is 5.75. The van der Waals surface area contributed by atoms with Crippen LogP contribution in [-0.4, -0.2) is 12.1 Å². The first-order chi connectivity index (χ1) is 11.9. The highest BCUT2D eigenvalue weighted by atomic mass is 16.5. The van der Waals surface area contributed by atoms with Gasteiger partial charge in [-0.05, 0) is 86.7 Å². The highest BCUT2D eigenvalue weighted by molar-refractivity contribution is 5.66. The van der Waals surface area contributed by atoms with Gasteiger partial charge in [0.1, 0.15) is 6.10 Å². The van der Waals surface area contributed by atoms with E-state index in [1.54, 1.807) is 22.3 Å². The summed E-state index contributed by atoms with van der Waals surface area (Å²) in [6.07, 6.45) is 13.3. The molecule has 2 saturated carbocycles. The number of esters is 1. The molecule has 4 aliphatic rings. The van der Waals surface area contributed by atoms with Crippen LogP contribution in [0, 0.1) is 23.2 Å². The third kappa shape index (κ3) is 2.64. The van der Waals surface area contributed by atoms with Crippen LogP contribution in [0.1, 0.15) is 72.6 Å². The van der Waals surface area contributed by atoms with Gasteiger partial charge in [0.05, 0.1) is 0 Å². The van der Waals surface area contributed by atoms with Gasteiger partial charge < -0.3 is 4.74 Å². The molecular weight excluding hydrogens is 308 g/mol. The molecule has 0 heterocycles. The van der Waals surface area contributed by atoms with E-state index in [1.807, 2.05) is 0 Å². The van der Waals surface area contributed by atoms with E-state index in [9.17, 15) is 4.79 Å². The van der Waals surface area contributed by atoms with Crippen molar-refractivity contribution in [2.24, 2.45) is 23.2 Å². The van der Waals surface area contributed by atoms with Crippen LogP contribution in [0.4, 0.5) is 0 Å². The Kier molecular flexibility index (Phi) is 4.21. The quantitative estimate of drug-likeness (QED) is 0.449. The van der Waals surface area contributed by atoms with Gasteiger partial charge in [0.25, 0.3) is 0 Å². The van der Waals surface area contributed by atoms with E-state index < -0.39 is 0 Å². The summed E-state index contributed by atoms with van der Waals surface area (Å²) in [5, 5.41) is 0. The number of carbonyl (C=O) groups excluding carboxylic acids is 1. The average molecular weight is 341 g/mol. The van der Waals surface area contributed by atoms with Gasteiger partial charge in [-0.25, -0.2) is 0 Å². The Hall–Kier alpha value is -1.31. The Morgan fingerprint density at radius 3 is 2.84 bits per heavy atom. The number of allylic oxidation sites excluding steroid dienone is 5. The number of ether oxygens (including phenoxy) is 1. The lowest BCUT2D eigenvalue weighted by molar-refractivity contribution is -0.148. The fourth-order valence-corrected chi connectivity index (χ4v) is 6.55. The molecule has 2 heteroatoms. The maximum Gasteiger partial charge on any atom is 0.302 e. The van der Waals surface area contributed by atoms with Gasteiger partial charge in [-0.1, -0.05) is 30.2 Å². The van der Waals surface area contributed by atoms with E-state index in [4.69, 9.17) is 4.74 Å². The summed E-state index contributed by atoms with van der Waals surface area (Å²) in [4.78, 5) is 11.3. The third-order valence-electron chi connectivity index (χ3n) is 7.91. The maximum atomic E-state index is 11.3. The molecule has 5 atom stereocenters. The Morgan fingerprint density at radius 2 is 2.12 bits per heavy atom. The van der Waals surface area contributed by atoms with Gasteiger partial charge in [-0.2, -0.15) is 0 Å². The fourth-order valence-electron chi connectivity index (χ4n) is 6.55. The van der Waals surface area contributed by atoms with Crippen LogP contribution in [0.25, 0.3) is 0 Å². The second-order valence-corrected chi connectivity index (χ2v) is 8.94. The minimum absolute atomic E-state index is 0.104. The Labute approximate surface area is 152 Å². The molecule has 2 fully saturated rings. The number of rotatable bonds is 1. The standard InChI is InChI=1S/C23H32O2/c1-5-16-6-8-19-20-9-7-17-12-18(25-15(3)24)10-11-23(17,4)22(20)13-21(19)14(16)2/h5,7,18-20,22H,6,8-13H2,1-4H3. The number of hydrogen-bond donors (Lipinski definition) is 0. The molecule has 0 aromatic heterocycles. The molecule has 4 rings (SSSR count). The smallest absolute Gasteiger partial charge is 0.302 e. The zero-order valence-corrected chi connectivity index (χ0v) is 16.2. The van der Waals surface area contributed by atoms with Crippen molar-refractivity contribution in [2.75, 3.05) is 0 Å². The largest absolute Gasteiger partial charge is 0.462 e. The summed E-state index contributed by atoms with van der Waals surface area (Å²) in [6, 6.07) is 0. The highest BCUT2D eigenvalue weighted by Gasteiger charge is 2.53. The number of hydrogen-bond acceptors (Lipinski definition) is 2. The van der Waals surface area contributed by atoms with E-state index in [0.29, 0.717) is 5.41 Å². The summed E-state index contributed by atoms with van der Waals surface area (Å²) in [7, 11) is 0. The number of fused-ring (bicyclic) bond motifs is 5. The van der Waals surface area contributed by atoms with E-state index in [1.165, 1.54) is 39.0 Å². The molecule has 0 spiro atoms. The highest BCUT2D eigenvalue weighted by Crippen LogP contribution is 2.63. The van der Waals surface area contributed by atoms with Gasteiger partial charge in [-0.3, -0.25) is 4.79 Å².